The van der Waals surface area contributed by atoms with Gasteiger partial charge in [-0.3, -0.25) is 4.90 Å². The molecule has 2 heteroatoms. The van der Waals surface area contributed by atoms with E-state index >= 15 is 0 Å². The number of likely N-dealkylation sites (N-methyl/N-ethyl adjacent to an activating group) is 1. The third-order valence-electron chi connectivity index (χ3n) is 6.32. The molecule has 2 aliphatic rings. The van der Waals surface area contributed by atoms with Gasteiger partial charge in [-0.05, 0) is 58.0 Å². The van der Waals surface area contributed by atoms with E-state index in [1.54, 1.807) is 0 Å². The Morgan fingerprint density at radius 3 is 2.30 bits per heavy atom. The maximum Gasteiger partial charge on any atom is 0.0347 e. The number of nitrogens with zero attached hydrogens (tertiary/aromatic N) is 2. The van der Waals surface area contributed by atoms with Gasteiger partial charge in [0, 0.05) is 25.2 Å². The van der Waals surface area contributed by atoms with Crippen molar-refractivity contribution in [2.24, 2.45) is 11.3 Å². The fourth-order valence-electron chi connectivity index (χ4n) is 3.94. The molecule has 0 aromatic carbocycles. The molecule has 0 atom stereocenters. The van der Waals surface area contributed by atoms with E-state index in [-0.39, 0.29) is 0 Å². The number of rotatable bonds is 6. The molecule has 0 aromatic heterocycles. The molecule has 0 unspecified atom stereocenters. The highest BCUT2D eigenvalue weighted by molar-refractivity contribution is 4.90. The zero-order valence-electron chi connectivity index (χ0n) is 14.5. The van der Waals surface area contributed by atoms with Crippen molar-refractivity contribution in [2.75, 3.05) is 26.7 Å². The van der Waals surface area contributed by atoms with Gasteiger partial charge in [0.25, 0.3) is 0 Å². The fraction of sp³-hybridized carbons (Fsp3) is 1.00. The van der Waals surface area contributed by atoms with Gasteiger partial charge in [-0.2, -0.15) is 0 Å². The summed E-state index contributed by atoms with van der Waals surface area (Å²) in [6.45, 7) is 13.3. The van der Waals surface area contributed by atoms with E-state index in [0.29, 0.717) is 5.41 Å². The number of likely N-dealkylation sites (tertiary alicyclic amines) is 1. The van der Waals surface area contributed by atoms with Crippen LogP contribution in [-0.4, -0.2) is 48.6 Å². The first kappa shape index (κ1) is 16.3. The van der Waals surface area contributed by atoms with Crippen molar-refractivity contribution in [3.63, 3.8) is 0 Å². The molecule has 118 valence electrons. The van der Waals surface area contributed by atoms with E-state index in [1.807, 2.05) is 0 Å². The van der Waals surface area contributed by atoms with Crippen LogP contribution in [0.3, 0.4) is 0 Å². The van der Waals surface area contributed by atoms with E-state index in [4.69, 9.17) is 0 Å². The summed E-state index contributed by atoms with van der Waals surface area (Å²) in [5, 5.41) is 0. The van der Waals surface area contributed by atoms with Crippen LogP contribution in [0.1, 0.15) is 66.2 Å². The van der Waals surface area contributed by atoms with E-state index in [2.05, 4.69) is 44.5 Å². The maximum absolute atomic E-state index is 2.63. The molecular formula is C18H36N2. The molecule has 1 aliphatic carbocycles. The molecule has 1 saturated heterocycles. The molecular weight excluding hydrogens is 244 g/mol. The first-order valence-corrected chi connectivity index (χ1v) is 8.90. The molecule has 0 N–H and O–H groups in total. The summed E-state index contributed by atoms with van der Waals surface area (Å²) in [6, 6.07) is 1.54. The molecule has 20 heavy (non-hydrogen) atoms. The highest BCUT2D eigenvalue weighted by atomic mass is 15.3. The first-order valence-electron chi connectivity index (χ1n) is 8.90. The molecule has 0 radical (unpaired) electrons. The number of hydrogen-bond acceptors (Lipinski definition) is 2. The zero-order valence-corrected chi connectivity index (χ0v) is 14.5. The van der Waals surface area contributed by atoms with Crippen molar-refractivity contribution in [1.29, 1.82) is 0 Å². The Kier molecular flexibility index (Phi) is 5.53. The summed E-state index contributed by atoms with van der Waals surface area (Å²) in [5.41, 5.74) is 0.669. The minimum atomic E-state index is 0.669. The zero-order chi connectivity index (χ0) is 14.8. The van der Waals surface area contributed by atoms with Crippen molar-refractivity contribution in [1.82, 2.24) is 9.80 Å². The standard InChI is InChI=1S/C18H36N2/c1-6-18(9-7-16(4)8-10-18)11-12-19(5)17-13-20(14-17)15(2)3/h15-17H,6-14H2,1-5H3. The van der Waals surface area contributed by atoms with Crippen LogP contribution in [0.25, 0.3) is 0 Å². The summed E-state index contributed by atoms with van der Waals surface area (Å²) in [6.07, 6.45) is 8.67. The second kappa shape index (κ2) is 6.79. The normalized spacial score (nSPS) is 32.9. The van der Waals surface area contributed by atoms with E-state index in [0.717, 1.165) is 18.0 Å². The summed E-state index contributed by atoms with van der Waals surface area (Å²) < 4.78 is 0. The SMILES string of the molecule is CCC1(CCN(C)C2CN(C(C)C)C2)CCC(C)CC1. The van der Waals surface area contributed by atoms with Gasteiger partial charge in [0.15, 0.2) is 0 Å². The van der Waals surface area contributed by atoms with Gasteiger partial charge < -0.3 is 4.90 Å². The van der Waals surface area contributed by atoms with Crippen molar-refractivity contribution < 1.29 is 0 Å². The van der Waals surface area contributed by atoms with Gasteiger partial charge in [-0.1, -0.05) is 33.1 Å². The summed E-state index contributed by atoms with van der Waals surface area (Å²) in [4.78, 5) is 5.22. The second-order valence-electron chi connectivity index (χ2n) is 7.97. The van der Waals surface area contributed by atoms with Crippen LogP contribution >= 0.6 is 0 Å². The Morgan fingerprint density at radius 2 is 1.80 bits per heavy atom. The molecule has 1 heterocycles. The molecule has 0 aromatic rings. The van der Waals surface area contributed by atoms with Crippen molar-refractivity contribution in [3.8, 4) is 0 Å². The topological polar surface area (TPSA) is 6.48 Å². The Bertz CT molecular complexity index is 286. The smallest absolute Gasteiger partial charge is 0.0347 e. The Morgan fingerprint density at radius 1 is 1.20 bits per heavy atom. The van der Waals surface area contributed by atoms with Gasteiger partial charge >= 0.3 is 0 Å². The molecule has 1 saturated carbocycles. The van der Waals surface area contributed by atoms with Crippen molar-refractivity contribution in [3.05, 3.63) is 0 Å². The monoisotopic (exact) mass is 280 g/mol. The molecule has 1 aliphatic heterocycles. The largest absolute Gasteiger partial charge is 0.301 e. The van der Waals surface area contributed by atoms with E-state index in [1.165, 1.54) is 58.2 Å². The van der Waals surface area contributed by atoms with Crippen LogP contribution in [0.15, 0.2) is 0 Å². The average molecular weight is 280 g/mol. The maximum atomic E-state index is 2.63. The second-order valence-corrected chi connectivity index (χ2v) is 7.97. The third kappa shape index (κ3) is 3.76. The molecule has 2 fully saturated rings. The summed E-state index contributed by atoms with van der Waals surface area (Å²) in [7, 11) is 2.34. The van der Waals surface area contributed by atoms with Crippen LogP contribution in [0, 0.1) is 11.3 Å². The van der Waals surface area contributed by atoms with Crippen molar-refractivity contribution >= 4 is 0 Å². The Labute approximate surface area is 126 Å². The lowest BCUT2D eigenvalue weighted by molar-refractivity contribution is 0.0161. The molecule has 0 spiro atoms. The Hall–Kier alpha value is -0.0800. The van der Waals surface area contributed by atoms with Crippen molar-refractivity contribution in [2.45, 2.75) is 78.3 Å². The summed E-state index contributed by atoms with van der Waals surface area (Å²) in [5.74, 6) is 0.971. The van der Waals surface area contributed by atoms with Gasteiger partial charge in [0.1, 0.15) is 0 Å². The predicted molar refractivity (Wildman–Crippen MR) is 88.1 cm³/mol. The van der Waals surface area contributed by atoms with Gasteiger partial charge in [-0.15, -0.1) is 0 Å². The molecule has 2 rings (SSSR count). The average Bonchev–Trinajstić information content (AvgIpc) is 2.36. The lowest BCUT2D eigenvalue weighted by Gasteiger charge is -2.47. The van der Waals surface area contributed by atoms with Crippen LogP contribution in [-0.2, 0) is 0 Å². The minimum Gasteiger partial charge on any atom is -0.301 e. The molecule has 0 amide bonds. The predicted octanol–water partition coefficient (Wildman–Crippen LogP) is 4.01. The van der Waals surface area contributed by atoms with Crippen LogP contribution in [0.5, 0.6) is 0 Å². The van der Waals surface area contributed by atoms with Crippen LogP contribution in [0.4, 0.5) is 0 Å². The van der Waals surface area contributed by atoms with E-state index < -0.39 is 0 Å². The fourth-order valence-corrected chi connectivity index (χ4v) is 3.94. The third-order valence-corrected chi connectivity index (χ3v) is 6.32. The first-order chi connectivity index (χ1) is 9.46. The summed E-state index contributed by atoms with van der Waals surface area (Å²) >= 11 is 0. The van der Waals surface area contributed by atoms with Crippen LogP contribution < -0.4 is 0 Å². The lowest BCUT2D eigenvalue weighted by atomic mass is 9.67. The highest BCUT2D eigenvalue weighted by Crippen LogP contribution is 2.44. The number of hydrogen-bond donors (Lipinski definition) is 0. The lowest BCUT2D eigenvalue weighted by Crippen LogP contribution is -2.60. The molecule has 0 bridgehead atoms. The van der Waals surface area contributed by atoms with Gasteiger partial charge in [0.05, 0.1) is 0 Å². The highest BCUT2D eigenvalue weighted by Gasteiger charge is 2.35. The van der Waals surface area contributed by atoms with Crippen LogP contribution in [0.2, 0.25) is 0 Å². The van der Waals surface area contributed by atoms with Gasteiger partial charge in [0.2, 0.25) is 0 Å². The van der Waals surface area contributed by atoms with Gasteiger partial charge in [-0.25, -0.2) is 0 Å². The van der Waals surface area contributed by atoms with E-state index in [9.17, 15) is 0 Å². The quantitative estimate of drug-likeness (QED) is 0.725. The minimum absolute atomic E-state index is 0.669. The Balaban J connectivity index is 1.74. The molecule has 2 nitrogen and oxygen atoms in total.